The van der Waals surface area contributed by atoms with Gasteiger partial charge in [-0.3, -0.25) is 4.31 Å². The maximum absolute atomic E-state index is 12.4. The van der Waals surface area contributed by atoms with E-state index in [-0.39, 0.29) is 19.1 Å². The van der Waals surface area contributed by atoms with Crippen LogP contribution in [0.25, 0.3) is 10.9 Å². The molecular weight excluding hydrogens is 376 g/mol. The molecule has 0 radical (unpaired) electrons. The first-order chi connectivity index (χ1) is 13.3. The summed E-state index contributed by atoms with van der Waals surface area (Å²) in [6.07, 6.45) is 3.21. The lowest BCUT2D eigenvalue weighted by Crippen LogP contribution is -2.29. The second kappa shape index (κ2) is 6.83. The van der Waals surface area contributed by atoms with Gasteiger partial charge in [0.2, 0.25) is 10.0 Å². The number of aromatic nitrogens is 1. The quantitative estimate of drug-likeness (QED) is 0.715. The number of benzene rings is 2. The standard InChI is InChI=1S/C21H24N2O4S/c1-14-10-22(2)21-18(27-13-15-7-5-4-6-8-15)9-17-20(19(14)21)16(12-24)11-23(17)28(3,25)26/h4-10,16,24H,11-13H2,1-3H3. The third kappa shape index (κ3) is 3.04. The summed E-state index contributed by atoms with van der Waals surface area (Å²) in [5, 5.41) is 10.9. The van der Waals surface area contributed by atoms with E-state index >= 15 is 0 Å². The van der Waals surface area contributed by atoms with Crippen molar-refractivity contribution in [1.82, 2.24) is 4.57 Å². The Morgan fingerprint density at radius 2 is 1.96 bits per heavy atom. The number of aryl methyl sites for hydroxylation is 2. The van der Waals surface area contributed by atoms with Crippen LogP contribution in [0.4, 0.5) is 5.69 Å². The zero-order valence-corrected chi connectivity index (χ0v) is 17.0. The summed E-state index contributed by atoms with van der Waals surface area (Å²) in [7, 11) is -1.50. The highest BCUT2D eigenvalue weighted by Gasteiger charge is 2.37. The molecular formula is C21H24N2O4S. The van der Waals surface area contributed by atoms with Crippen molar-refractivity contribution in [2.45, 2.75) is 19.4 Å². The molecule has 0 fully saturated rings. The van der Waals surface area contributed by atoms with Gasteiger partial charge in [0.1, 0.15) is 12.4 Å². The number of aliphatic hydroxyl groups excluding tert-OH is 1. The van der Waals surface area contributed by atoms with Gasteiger partial charge in [0, 0.05) is 37.2 Å². The fraction of sp³-hybridized carbons (Fsp3) is 0.333. The van der Waals surface area contributed by atoms with Gasteiger partial charge >= 0.3 is 0 Å². The van der Waals surface area contributed by atoms with Gasteiger partial charge in [-0.15, -0.1) is 0 Å². The van der Waals surface area contributed by atoms with E-state index in [4.69, 9.17) is 4.74 Å². The van der Waals surface area contributed by atoms with Crippen molar-refractivity contribution in [3.05, 3.63) is 59.3 Å². The van der Waals surface area contributed by atoms with Crippen molar-refractivity contribution in [2.24, 2.45) is 7.05 Å². The van der Waals surface area contributed by atoms with Crippen molar-refractivity contribution >= 4 is 26.6 Å². The molecule has 0 spiro atoms. The molecule has 1 atom stereocenters. The van der Waals surface area contributed by atoms with Gasteiger partial charge in [-0.2, -0.15) is 0 Å². The minimum absolute atomic E-state index is 0.104. The Hall–Kier alpha value is -2.51. The van der Waals surface area contributed by atoms with Crippen molar-refractivity contribution in [3.8, 4) is 5.75 Å². The van der Waals surface area contributed by atoms with Gasteiger partial charge in [-0.05, 0) is 23.6 Å². The lowest BCUT2D eigenvalue weighted by molar-refractivity contribution is 0.272. The number of hydrogen-bond donors (Lipinski definition) is 1. The maximum Gasteiger partial charge on any atom is 0.232 e. The predicted octanol–water partition coefficient (Wildman–Crippen LogP) is 2.92. The lowest BCUT2D eigenvalue weighted by atomic mass is 9.96. The molecule has 0 amide bonds. The number of nitrogens with zero attached hydrogens (tertiary/aromatic N) is 2. The van der Waals surface area contributed by atoms with Crippen molar-refractivity contribution in [2.75, 3.05) is 23.7 Å². The van der Waals surface area contributed by atoms with Crippen LogP contribution >= 0.6 is 0 Å². The fourth-order valence-corrected chi connectivity index (χ4v) is 5.09. The topological polar surface area (TPSA) is 71.8 Å². The van der Waals surface area contributed by atoms with E-state index in [0.29, 0.717) is 18.0 Å². The van der Waals surface area contributed by atoms with Crippen LogP contribution in [0.3, 0.4) is 0 Å². The second-order valence-electron chi connectivity index (χ2n) is 7.40. The van der Waals surface area contributed by atoms with Crippen molar-refractivity contribution < 1.29 is 18.3 Å². The summed E-state index contributed by atoms with van der Waals surface area (Å²) in [5.41, 5.74) is 4.48. The largest absolute Gasteiger partial charge is 0.487 e. The number of aliphatic hydroxyl groups is 1. The zero-order chi connectivity index (χ0) is 20.1. The van der Waals surface area contributed by atoms with Crippen LogP contribution < -0.4 is 9.04 Å². The molecule has 3 aromatic rings. The molecule has 0 bridgehead atoms. The van der Waals surface area contributed by atoms with Gasteiger partial charge in [0.25, 0.3) is 0 Å². The Labute approximate surface area is 165 Å². The highest BCUT2D eigenvalue weighted by atomic mass is 32.2. The van der Waals surface area contributed by atoms with E-state index < -0.39 is 10.0 Å². The Morgan fingerprint density at radius 1 is 1.25 bits per heavy atom. The van der Waals surface area contributed by atoms with E-state index in [9.17, 15) is 13.5 Å². The fourth-order valence-electron chi connectivity index (χ4n) is 4.14. The molecule has 28 heavy (non-hydrogen) atoms. The van der Waals surface area contributed by atoms with E-state index in [1.54, 1.807) is 6.07 Å². The third-order valence-electron chi connectivity index (χ3n) is 5.34. The SMILES string of the molecule is Cc1cn(C)c2c(OCc3ccccc3)cc3c(c12)C(CO)CN3S(C)(=O)=O. The molecule has 1 unspecified atom stereocenters. The first kappa shape index (κ1) is 18.8. The predicted molar refractivity (Wildman–Crippen MR) is 110 cm³/mol. The second-order valence-corrected chi connectivity index (χ2v) is 9.31. The zero-order valence-electron chi connectivity index (χ0n) is 16.2. The summed E-state index contributed by atoms with van der Waals surface area (Å²) in [6, 6.07) is 11.7. The Balaban J connectivity index is 1.90. The first-order valence-electron chi connectivity index (χ1n) is 9.19. The number of ether oxygens (including phenoxy) is 1. The molecule has 2 aromatic carbocycles. The van der Waals surface area contributed by atoms with E-state index in [1.807, 2.05) is 55.1 Å². The van der Waals surface area contributed by atoms with E-state index in [1.165, 1.54) is 10.6 Å². The van der Waals surface area contributed by atoms with Gasteiger partial charge in [-0.1, -0.05) is 30.3 Å². The average Bonchev–Trinajstić information content (AvgIpc) is 3.17. The summed E-state index contributed by atoms with van der Waals surface area (Å²) >= 11 is 0. The summed E-state index contributed by atoms with van der Waals surface area (Å²) in [4.78, 5) is 0. The molecule has 1 aromatic heterocycles. The Bertz CT molecular complexity index is 1140. The Kier molecular flexibility index (Phi) is 4.59. The molecule has 0 saturated carbocycles. The van der Waals surface area contributed by atoms with Gasteiger partial charge < -0.3 is 14.4 Å². The number of fused-ring (bicyclic) bond motifs is 3. The lowest BCUT2D eigenvalue weighted by Gasteiger charge is -2.18. The number of anilines is 1. The van der Waals surface area contributed by atoms with Gasteiger partial charge in [0.15, 0.2) is 0 Å². The molecule has 6 nitrogen and oxygen atoms in total. The van der Waals surface area contributed by atoms with Crippen LogP contribution in [0.15, 0.2) is 42.6 Å². The van der Waals surface area contributed by atoms with E-state index in [0.717, 1.165) is 27.6 Å². The molecule has 7 heteroatoms. The molecule has 2 heterocycles. The van der Waals surface area contributed by atoms with Crippen LogP contribution in [-0.2, 0) is 23.7 Å². The monoisotopic (exact) mass is 400 g/mol. The number of rotatable bonds is 5. The molecule has 0 saturated heterocycles. The van der Waals surface area contributed by atoms with E-state index in [2.05, 4.69) is 0 Å². The average molecular weight is 401 g/mol. The number of sulfonamides is 1. The van der Waals surface area contributed by atoms with Crippen LogP contribution in [0.5, 0.6) is 5.75 Å². The highest BCUT2D eigenvalue weighted by molar-refractivity contribution is 7.92. The number of hydrogen-bond acceptors (Lipinski definition) is 4. The molecule has 148 valence electrons. The van der Waals surface area contributed by atoms with Crippen LogP contribution in [0, 0.1) is 6.92 Å². The summed E-state index contributed by atoms with van der Waals surface area (Å²) in [5.74, 6) is 0.386. The summed E-state index contributed by atoms with van der Waals surface area (Å²) in [6.45, 7) is 2.53. The molecule has 0 aliphatic carbocycles. The first-order valence-corrected chi connectivity index (χ1v) is 11.0. The minimum Gasteiger partial charge on any atom is -0.487 e. The van der Waals surface area contributed by atoms with Crippen molar-refractivity contribution in [1.29, 1.82) is 0 Å². The Morgan fingerprint density at radius 3 is 2.61 bits per heavy atom. The smallest absolute Gasteiger partial charge is 0.232 e. The summed E-state index contributed by atoms with van der Waals surface area (Å²) < 4.78 is 34.3. The van der Waals surface area contributed by atoms with Crippen LogP contribution in [-0.4, -0.2) is 37.5 Å². The minimum atomic E-state index is -3.46. The normalized spacial score (nSPS) is 16.6. The molecule has 1 N–H and O–H groups in total. The van der Waals surface area contributed by atoms with Gasteiger partial charge in [0.05, 0.1) is 24.1 Å². The van der Waals surface area contributed by atoms with Crippen molar-refractivity contribution in [3.63, 3.8) is 0 Å². The molecule has 1 aliphatic heterocycles. The molecule has 1 aliphatic rings. The maximum atomic E-state index is 12.4. The molecule has 4 rings (SSSR count). The van der Waals surface area contributed by atoms with Crippen LogP contribution in [0.1, 0.15) is 22.6 Å². The highest BCUT2D eigenvalue weighted by Crippen LogP contribution is 2.47. The van der Waals surface area contributed by atoms with Crippen LogP contribution in [0.2, 0.25) is 0 Å². The van der Waals surface area contributed by atoms with Gasteiger partial charge in [-0.25, -0.2) is 8.42 Å². The third-order valence-corrected chi connectivity index (χ3v) is 6.49.